The van der Waals surface area contributed by atoms with Crippen LogP contribution in [0.15, 0.2) is 229 Å². The second-order valence-corrected chi connectivity index (χ2v) is 18.7. The maximum atomic E-state index is 6.97. The number of fused-ring (bicyclic) bond motifs is 15. The minimum absolute atomic E-state index is 0.205. The van der Waals surface area contributed by atoms with Crippen molar-refractivity contribution in [1.29, 1.82) is 0 Å². The summed E-state index contributed by atoms with van der Waals surface area (Å²) in [6.07, 6.45) is 0. The van der Waals surface area contributed by atoms with Crippen LogP contribution in [0, 0.1) is 0 Å². The van der Waals surface area contributed by atoms with Crippen molar-refractivity contribution >= 4 is 39.0 Å². The van der Waals surface area contributed by atoms with E-state index in [0.717, 1.165) is 83.9 Å². The van der Waals surface area contributed by atoms with E-state index in [1.54, 1.807) is 0 Å². The molecule has 0 amide bonds. The fourth-order valence-electron chi connectivity index (χ4n) is 12.0. The molecule has 11 aromatic rings. The lowest BCUT2D eigenvalue weighted by molar-refractivity contribution is 0.436. The van der Waals surface area contributed by atoms with Gasteiger partial charge in [0, 0.05) is 44.3 Å². The molecule has 1 aromatic heterocycles. The Morgan fingerprint density at radius 1 is 0.358 bits per heavy atom. The molecule has 0 saturated heterocycles. The van der Waals surface area contributed by atoms with Crippen LogP contribution in [-0.2, 0) is 10.8 Å². The van der Waals surface area contributed by atoms with Gasteiger partial charge in [0.05, 0.1) is 11.1 Å². The van der Waals surface area contributed by atoms with E-state index in [1.807, 2.05) is 6.07 Å². The topological polar surface area (TPSA) is 25.6 Å². The Bertz CT molecular complexity index is 3790. The average molecular weight is 858 g/mol. The molecular weight excluding hydrogens is 815 g/mol. The average Bonchev–Trinajstić information content (AvgIpc) is 3.99. The molecule has 0 atom stereocenters. The lowest BCUT2D eigenvalue weighted by Crippen LogP contribution is -2.32. The molecule has 14 rings (SSSR count). The van der Waals surface area contributed by atoms with E-state index in [0.29, 0.717) is 0 Å². The number of para-hydroxylation sites is 2. The zero-order chi connectivity index (χ0) is 44.4. The molecule has 0 radical (unpaired) electrons. The number of benzene rings is 10. The SMILES string of the molecule is CC1(C)c2ccccc2-c2ccc(N(c3ccc4c(c3)C3(c5ccccc5O4)c4ccccc4-c4ccccc43)c3ccc(-c4ccccc4)cc3-c3cccc4oc5ccccc5c34)cc21. The largest absolute Gasteiger partial charge is 0.457 e. The molecule has 3 aliphatic rings. The molecule has 10 aromatic carbocycles. The van der Waals surface area contributed by atoms with Crippen LogP contribution in [0.4, 0.5) is 17.1 Å². The predicted octanol–water partition coefficient (Wildman–Crippen LogP) is 17.2. The van der Waals surface area contributed by atoms with Crippen molar-refractivity contribution in [2.75, 3.05) is 4.90 Å². The van der Waals surface area contributed by atoms with Crippen LogP contribution in [0.25, 0.3) is 66.4 Å². The molecule has 0 fully saturated rings. The Kier molecular flexibility index (Phi) is 7.95. The molecule has 0 N–H and O–H groups in total. The first-order valence-corrected chi connectivity index (χ1v) is 23.2. The third-order valence-electron chi connectivity index (χ3n) is 15.0. The molecule has 0 unspecified atom stereocenters. The molecule has 1 aliphatic heterocycles. The first kappa shape index (κ1) is 37.9. The zero-order valence-electron chi connectivity index (χ0n) is 37.1. The van der Waals surface area contributed by atoms with E-state index in [-0.39, 0.29) is 5.41 Å². The van der Waals surface area contributed by atoms with Crippen molar-refractivity contribution in [1.82, 2.24) is 0 Å². The number of ether oxygens (including phenoxy) is 1. The van der Waals surface area contributed by atoms with Gasteiger partial charge in [0.2, 0.25) is 0 Å². The standard InChI is InChI=1S/C64H43NO2/c1-63(2)51-24-10-6-19-44(51)47-34-32-42(38-55(47)63)65(57-35-31-41(40-17-4-3-5-18-40)37-50(57)48-23-16-30-61-62(48)49-22-9-14-28-58(49)66-61)43-33-36-60-56(39-43)64(54-27-13-15-29-59(54)67-60)52-25-11-7-20-45(52)46-21-8-12-26-53(46)64/h3-39H,1-2H3. The minimum Gasteiger partial charge on any atom is -0.457 e. The van der Waals surface area contributed by atoms with Gasteiger partial charge in [-0.05, 0) is 122 Å². The van der Waals surface area contributed by atoms with E-state index in [2.05, 4.69) is 237 Å². The molecule has 2 heterocycles. The zero-order valence-corrected chi connectivity index (χ0v) is 37.1. The van der Waals surface area contributed by atoms with Gasteiger partial charge >= 0.3 is 0 Å². The van der Waals surface area contributed by atoms with Crippen LogP contribution in [0.3, 0.4) is 0 Å². The lowest BCUT2D eigenvalue weighted by atomic mass is 9.66. The summed E-state index contributed by atoms with van der Waals surface area (Å²) in [4.78, 5) is 2.49. The molecule has 67 heavy (non-hydrogen) atoms. The fourth-order valence-corrected chi connectivity index (χ4v) is 12.0. The Labute approximate surface area is 389 Å². The quantitative estimate of drug-likeness (QED) is 0.172. The normalized spacial score (nSPS) is 14.2. The highest BCUT2D eigenvalue weighted by Gasteiger charge is 2.51. The third kappa shape index (κ3) is 5.28. The van der Waals surface area contributed by atoms with E-state index in [9.17, 15) is 0 Å². The minimum atomic E-state index is -0.623. The van der Waals surface area contributed by atoms with Crippen molar-refractivity contribution in [3.63, 3.8) is 0 Å². The summed E-state index contributed by atoms with van der Waals surface area (Å²) >= 11 is 0. The molecule has 3 nitrogen and oxygen atoms in total. The van der Waals surface area contributed by atoms with Crippen molar-refractivity contribution in [3.8, 4) is 56.0 Å². The summed E-state index contributed by atoms with van der Waals surface area (Å²) in [6, 6.07) is 82.0. The molecule has 0 saturated carbocycles. The van der Waals surface area contributed by atoms with Gasteiger partial charge < -0.3 is 14.1 Å². The predicted molar refractivity (Wildman–Crippen MR) is 274 cm³/mol. The van der Waals surface area contributed by atoms with E-state index in [4.69, 9.17) is 9.15 Å². The number of rotatable bonds is 5. The van der Waals surface area contributed by atoms with Crippen molar-refractivity contribution in [3.05, 3.63) is 258 Å². The van der Waals surface area contributed by atoms with Crippen LogP contribution >= 0.6 is 0 Å². The van der Waals surface area contributed by atoms with Gasteiger partial charge in [0.25, 0.3) is 0 Å². The van der Waals surface area contributed by atoms with Gasteiger partial charge in [0.1, 0.15) is 22.7 Å². The van der Waals surface area contributed by atoms with Crippen LogP contribution in [0.1, 0.15) is 47.2 Å². The summed E-state index contributed by atoms with van der Waals surface area (Å²) in [6.45, 7) is 4.73. The molecule has 0 bridgehead atoms. The monoisotopic (exact) mass is 857 g/mol. The van der Waals surface area contributed by atoms with Crippen molar-refractivity contribution in [2.45, 2.75) is 24.7 Å². The first-order chi connectivity index (χ1) is 33.0. The summed E-state index contributed by atoms with van der Waals surface area (Å²) in [5, 5.41) is 2.20. The number of hydrogen-bond donors (Lipinski definition) is 0. The van der Waals surface area contributed by atoms with Crippen molar-refractivity contribution in [2.24, 2.45) is 0 Å². The first-order valence-electron chi connectivity index (χ1n) is 23.2. The molecule has 316 valence electrons. The second kappa shape index (κ2) is 14.1. The molecular formula is C64H43NO2. The van der Waals surface area contributed by atoms with Gasteiger partial charge in [-0.25, -0.2) is 0 Å². The Balaban J connectivity index is 1.08. The summed E-state index contributed by atoms with van der Waals surface area (Å²) in [7, 11) is 0. The summed E-state index contributed by atoms with van der Waals surface area (Å²) in [5.41, 5.74) is 21.1. The lowest BCUT2D eigenvalue weighted by Gasteiger charge is -2.40. The van der Waals surface area contributed by atoms with Gasteiger partial charge in [-0.2, -0.15) is 0 Å². The van der Waals surface area contributed by atoms with Gasteiger partial charge in [-0.15, -0.1) is 0 Å². The Morgan fingerprint density at radius 2 is 0.925 bits per heavy atom. The molecule has 2 aliphatic carbocycles. The van der Waals surface area contributed by atoms with Gasteiger partial charge in [-0.3, -0.25) is 0 Å². The summed E-state index contributed by atoms with van der Waals surface area (Å²) in [5.74, 6) is 1.74. The summed E-state index contributed by atoms with van der Waals surface area (Å²) < 4.78 is 13.6. The molecule has 1 spiro atoms. The highest BCUT2D eigenvalue weighted by atomic mass is 16.5. The van der Waals surface area contributed by atoms with E-state index in [1.165, 1.54) is 44.5 Å². The van der Waals surface area contributed by atoms with Crippen LogP contribution in [-0.4, -0.2) is 0 Å². The maximum absolute atomic E-state index is 6.97. The Morgan fingerprint density at radius 3 is 1.70 bits per heavy atom. The second-order valence-electron chi connectivity index (χ2n) is 18.7. The van der Waals surface area contributed by atoms with E-state index >= 15 is 0 Å². The smallest absolute Gasteiger partial charge is 0.136 e. The highest BCUT2D eigenvalue weighted by molar-refractivity contribution is 6.14. The van der Waals surface area contributed by atoms with Crippen molar-refractivity contribution < 1.29 is 9.15 Å². The van der Waals surface area contributed by atoms with Crippen LogP contribution in [0.2, 0.25) is 0 Å². The number of furan rings is 1. The Hall–Kier alpha value is -8.40. The van der Waals surface area contributed by atoms with Crippen LogP contribution < -0.4 is 9.64 Å². The fraction of sp³-hybridized carbons (Fsp3) is 0.0625. The highest BCUT2D eigenvalue weighted by Crippen LogP contribution is 2.63. The third-order valence-corrected chi connectivity index (χ3v) is 15.0. The number of anilines is 3. The van der Waals surface area contributed by atoms with Gasteiger partial charge in [-0.1, -0.05) is 178 Å². The maximum Gasteiger partial charge on any atom is 0.136 e. The number of nitrogens with zero attached hydrogens (tertiary/aromatic N) is 1. The van der Waals surface area contributed by atoms with E-state index < -0.39 is 5.41 Å². The molecule has 3 heteroatoms. The van der Waals surface area contributed by atoms with Crippen LogP contribution in [0.5, 0.6) is 11.5 Å². The number of hydrogen-bond acceptors (Lipinski definition) is 3. The van der Waals surface area contributed by atoms with Gasteiger partial charge in [0.15, 0.2) is 0 Å².